The molecule has 0 aliphatic carbocycles. The first-order valence-corrected chi connectivity index (χ1v) is 9.10. The van der Waals surface area contributed by atoms with Crippen molar-refractivity contribution < 1.29 is 9.57 Å². The van der Waals surface area contributed by atoms with Crippen molar-refractivity contribution in [1.29, 1.82) is 0 Å². The minimum Gasteiger partial charge on any atom is -0.484 e. The van der Waals surface area contributed by atoms with Gasteiger partial charge in [-0.1, -0.05) is 32.9 Å². The number of aromatic nitrogens is 4. The minimum absolute atomic E-state index is 0.0987. The average molecular weight is 382 g/mol. The van der Waals surface area contributed by atoms with Crippen molar-refractivity contribution in [3.05, 3.63) is 47.3 Å². The molecule has 0 radical (unpaired) electrons. The molecular weight excluding hydrogens is 356 g/mol. The van der Waals surface area contributed by atoms with Crippen molar-refractivity contribution in [3.63, 3.8) is 0 Å². The molecule has 148 valence electrons. The molecular formula is C20H26N6O2. The van der Waals surface area contributed by atoms with Gasteiger partial charge in [0, 0.05) is 6.20 Å². The zero-order chi connectivity index (χ0) is 20.3. The van der Waals surface area contributed by atoms with Gasteiger partial charge in [-0.25, -0.2) is 4.98 Å². The molecule has 3 rings (SSSR count). The minimum atomic E-state index is -0.250. The fraction of sp³-hybridized carbons (Fsp3) is 0.400. The Labute approximate surface area is 164 Å². The predicted octanol–water partition coefficient (Wildman–Crippen LogP) is 3.68. The number of aliphatic imine (C=N–C) groups is 1. The first-order valence-electron chi connectivity index (χ1n) is 9.10. The fourth-order valence-corrected chi connectivity index (χ4v) is 2.80. The van der Waals surface area contributed by atoms with Crippen molar-refractivity contribution in [2.45, 2.75) is 46.1 Å². The van der Waals surface area contributed by atoms with Crippen LogP contribution >= 0.6 is 0 Å². The molecule has 2 heterocycles. The van der Waals surface area contributed by atoms with E-state index in [-0.39, 0.29) is 17.5 Å². The third-order valence-electron chi connectivity index (χ3n) is 4.37. The fourth-order valence-electron chi connectivity index (χ4n) is 2.80. The highest BCUT2D eigenvalue weighted by molar-refractivity contribution is 5.57. The third-order valence-corrected chi connectivity index (χ3v) is 4.37. The van der Waals surface area contributed by atoms with Crippen LogP contribution < -0.4 is 10.2 Å². The Kier molecular flexibility index (Phi) is 5.60. The summed E-state index contributed by atoms with van der Waals surface area (Å²) in [5, 5.41) is 4.39. The van der Waals surface area contributed by atoms with Crippen molar-refractivity contribution in [2.75, 3.05) is 7.11 Å². The lowest BCUT2D eigenvalue weighted by atomic mass is 9.86. The van der Waals surface area contributed by atoms with Crippen LogP contribution in [0.5, 0.6) is 5.75 Å². The van der Waals surface area contributed by atoms with E-state index < -0.39 is 0 Å². The Morgan fingerprint density at radius 1 is 1.25 bits per heavy atom. The summed E-state index contributed by atoms with van der Waals surface area (Å²) in [6, 6.07) is 8.18. The van der Waals surface area contributed by atoms with Crippen LogP contribution in [0.3, 0.4) is 0 Å². The van der Waals surface area contributed by atoms with Gasteiger partial charge in [-0.15, -0.1) is 5.10 Å². The molecule has 1 aromatic carbocycles. The number of nitrogens with one attached hydrogen (secondary N) is 1. The van der Waals surface area contributed by atoms with E-state index in [1.165, 1.54) is 19.0 Å². The molecule has 8 nitrogen and oxygen atoms in total. The third kappa shape index (κ3) is 4.28. The molecule has 0 bridgehead atoms. The molecule has 1 atom stereocenters. The number of rotatable bonds is 6. The van der Waals surface area contributed by atoms with Gasteiger partial charge in [0.15, 0.2) is 0 Å². The van der Waals surface area contributed by atoms with Gasteiger partial charge in [0.25, 0.3) is 11.7 Å². The maximum Gasteiger partial charge on any atom is 0.272 e. The molecule has 0 aliphatic heterocycles. The van der Waals surface area contributed by atoms with Gasteiger partial charge in [0.2, 0.25) is 0 Å². The molecule has 0 spiro atoms. The van der Waals surface area contributed by atoms with Crippen molar-refractivity contribution >= 4 is 18.1 Å². The van der Waals surface area contributed by atoms with Crippen LogP contribution in [0.2, 0.25) is 0 Å². The SMILES string of the molecule is CONC=Nc1nc2nccc(C(C)Oc3ccc(C(C)(C)C)cc3C)n2n1. The van der Waals surface area contributed by atoms with Gasteiger partial charge < -0.3 is 4.74 Å². The summed E-state index contributed by atoms with van der Waals surface area (Å²) in [5.41, 5.74) is 5.81. The van der Waals surface area contributed by atoms with E-state index in [2.05, 4.69) is 65.4 Å². The lowest BCUT2D eigenvalue weighted by molar-refractivity contribution is 0.148. The first kappa shape index (κ1) is 19.8. The van der Waals surface area contributed by atoms with E-state index in [0.29, 0.717) is 5.78 Å². The van der Waals surface area contributed by atoms with Crippen LogP contribution in [0.15, 0.2) is 35.5 Å². The number of hydroxylamine groups is 1. The second kappa shape index (κ2) is 7.93. The van der Waals surface area contributed by atoms with Crippen LogP contribution in [0, 0.1) is 6.92 Å². The van der Waals surface area contributed by atoms with Crippen LogP contribution in [0.1, 0.15) is 50.6 Å². The lowest BCUT2D eigenvalue weighted by Gasteiger charge is -2.22. The molecule has 1 N–H and O–H groups in total. The maximum absolute atomic E-state index is 6.23. The van der Waals surface area contributed by atoms with Crippen LogP contribution in [-0.4, -0.2) is 33.0 Å². The topological polar surface area (TPSA) is 85.9 Å². The molecule has 0 fully saturated rings. The quantitative estimate of drug-likeness (QED) is 0.398. The number of hydrogen-bond donors (Lipinski definition) is 1. The largest absolute Gasteiger partial charge is 0.484 e. The van der Waals surface area contributed by atoms with Gasteiger partial charge in [0.05, 0.1) is 12.8 Å². The van der Waals surface area contributed by atoms with Crippen LogP contribution in [0.25, 0.3) is 5.78 Å². The zero-order valence-electron chi connectivity index (χ0n) is 17.1. The van der Waals surface area contributed by atoms with Gasteiger partial charge in [0.1, 0.15) is 18.2 Å². The molecule has 0 aliphatic rings. The van der Waals surface area contributed by atoms with Gasteiger partial charge in [-0.3, -0.25) is 10.3 Å². The van der Waals surface area contributed by atoms with Crippen molar-refractivity contribution in [1.82, 2.24) is 25.1 Å². The summed E-state index contributed by atoms with van der Waals surface area (Å²) in [4.78, 5) is 17.3. The summed E-state index contributed by atoms with van der Waals surface area (Å²) in [5.74, 6) is 1.58. The van der Waals surface area contributed by atoms with Gasteiger partial charge >= 0.3 is 0 Å². The Hall–Kier alpha value is -3.00. The highest BCUT2D eigenvalue weighted by atomic mass is 16.6. The number of hydrogen-bond acceptors (Lipinski definition) is 6. The summed E-state index contributed by atoms with van der Waals surface area (Å²) < 4.78 is 7.87. The maximum atomic E-state index is 6.23. The molecule has 0 saturated heterocycles. The van der Waals surface area contributed by atoms with E-state index in [4.69, 9.17) is 9.57 Å². The summed E-state index contributed by atoms with van der Waals surface area (Å²) in [6.07, 6.45) is 2.81. The monoisotopic (exact) mass is 382 g/mol. The van der Waals surface area contributed by atoms with E-state index >= 15 is 0 Å². The van der Waals surface area contributed by atoms with Crippen LogP contribution in [0.4, 0.5) is 5.95 Å². The molecule has 8 heteroatoms. The van der Waals surface area contributed by atoms with E-state index in [0.717, 1.165) is 17.0 Å². The second-order valence-corrected chi connectivity index (χ2v) is 7.56. The second-order valence-electron chi connectivity index (χ2n) is 7.56. The van der Waals surface area contributed by atoms with E-state index in [9.17, 15) is 0 Å². The number of fused-ring (bicyclic) bond motifs is 1. The highest BCUT2D eigenvalue weighted by Gasteiger charge is 2.18. The number of aryl methyl sites for hydroxylation is 1. The Balaban J connectivity index is 1.86. The van der Waals surface area contributed by atoms with E-state index in [1.54, 1.807) is 10.7 Å². The number of benzene rings is 1. The summed E-state index contributed by atoms with van der Waals surface area (Å²) in [6.45, 7) is 10.6. The Morgan fingerprint density at radius 3 is 2.71 bits per heavy atom. The smallest absolute Gasteiger partial charge is 0.272 e. The molecule has 28 heavy (non-hydrogen) atoms. The van der Waals surface area contributed by atoms with Crippen LogP contribution in [-0.2, 0) is 10.3 Å². The lowest BCUT2D eigenvalue weighted by Crippen LogP contribution is -2.13. The standard InChI is InChI=1S/C20H26N6O2/c1-13-11-15(20(3,4)5)7-8-17(13)28-14(2)16-9-10-21-19-24-18(25-26(16)19)22-12-23-27-6/h7-12,14H,1-6H3,(H,22,23,25). The van der Waals surface area contributed by atoms with Crippen molar-refractivity contribution in [3.8, 4) is 5.75 Å². The van der Waals surface area contributed by atoms with E-state index in [1.807, 2.05) is 19.1 Å². The molecule has 3 aromatic rings. The zero-order valence-corrected chi connectivity index (χ0v) is 17.1. The summed E-state index contributed by atoms with van der Waals surface area (Å²) >= 11 is 0. The predicted molar refractivity (Wildman–Crippen MR) is 108 cm³/mol. The molecule has 1 unspecified atom stereocenters. The first-order chi connectivity index (χ1) is 13.3. The highest BCUT2D eigenvalue weighted by Crippen LogP contribution is 2.30. The summed E-state index contributed by atoms with van der Waals surface area (Å²) in [7, 11) is 1.50. The van der Waals surface area contributed by atoms with Crippen molar-refractivity contribution in [2.24, 2.45) is 4.99 Å². The normalized spacial score (nSPS) is 13.2. The molecule has 2 aromatic heterocycles. The van der Waals surface area contributed by atoms with Gasteiger partial charge in [-0.05, 0) is 42.5 Å². The average Bonchev–Trinajstić information content (AvgIpc) is 3.05. The van der Waals surface area contributed by atoms with Gasteiger partial charge in [-0.2, -0.15) is 14.5 Å². The Morgan fingerprint density at radius 2 is 2.04 bits per heavy atom. The Bertz CT molecular complexity index is 990. The number of ether oxygens (including phenoxy) is 1. The number of nitrogens with zero attached hydrogens (tertiary/aromatic N) is 5. The molecule has 0 saturated carbocycles. The molecule has 0 amide bonds.